The minimum absolute atomic E-state index is 0.0873. The Hall–Kier alpha value is -3.05. The average molecular weight is 580 g/mol. The van der Waals surface area contributed by atoms with Crippen LogP contribution in [0.3, 0.4) is 0 Å². The molecule has 0 atom stereocenters. The summed E-state index contributed by atoms with van der Waals surface area (Å²) >= 11 is 13.2. The Morgan fingerprint density at radius 2 is 1.76 bits per heavy atom. The van der Waals surface area contributed by atoms with Crippen LogP contribution in [-0.2, 0) is 16.4 Å². The second kappa shape index (κ2) is 10.7. The van der Waals surface area contributed by atoms with Crippen molar-refractivity contribution >= 4 is 72.7 Å². The normalized spacial score (nSPS) is 11.6. The van der Waals surface area contributed by atoms with E-state index in [1.165, 1.54) is 28.8 Å². The van der Waals surface area contributed by atoms with E-state index in [-0.39, 0.29) is 24.8 Å². The first-order valence-corrected chi connectivity index (χ1v) is 14.3. The molecule has 3 N–H and O–H groups in total. The molecule has 0 aliphatic carbocycles. The first kappa shape index (κ1) is 27.0. The molecule has 2 aromatic carbocycles. The molecule has 0 unspecified atom stereocenters. The molecule has 4 aromatic rings. The number of carbonyl (C=O) groups is 1. The summed E-state index contributed by atoms with van der Waals surface area (Å²) in [6.07, 6.45) is 2.55. The van der Waals surface area contributed by atoms with E-state index in [1.54, 1.807) is 18.3 Å². The number of sulfonamides is 1. The highest BCUT2D eigenvalue weighted by Gasteiger charge is 2.20. The minimum Gasteiger partial charge on any atom is -0.388 e. The zero-order valence-electron chi connectivity index (χ0n) is 20.1. The van der Waals surface area contributed by atoms with Gasteiger partial charge in [-0.3, -0.25) is 9.36 Å². The van der Waals surface area contributed by atoms with Crippen LogP contribution >= 0.6 is 34.5 Å². The van der Waals surface area contributed by atoms with Crippen molar-refractivity contribution < 1.29 is 13.2 Å². The molecule has 2 amide bonds. The maximum Gasteiger partial charge on any atom is 0.333 e. The van der Waals surface area contributed by atoms with Crippen molar-refractivity contribution in [3.63, 3.8) is 0 Å². The molecule has 0 fully saturated rings. The van der Waals surface area contributed by atoms with E-state index < -0.39 is 16.1 Å². The number of pyridine rings is 1. The van der Waals surface area contributed by atoms with Crippen LogP contribution in [0.5, 0.6) is 0 Å². The lowest BCUT2D eigenvalue weighted by atomic mass is 9.98. The van der Waals surface area contributed by atoms with Crippen LogP contribution in [0.1, 0.15) is 19.4 Å². The average Bonchev–Trinajstić information content (AvgIpc) is 3.27. The van der Waals surface area contributed by atoms with E-state index >= 15 is 0 Å². The standard InChI is InChI=1S/C25H24Cl2N4O4S2/c1-14(2)10-15-13-31(24(32)18-6-4-16(28-3)11-19(15)18)21-7-5-17(12-20(21)26)29-25(33)30-37(34,35)23-9-8-22(27)36-23/h4-9,11-14,28H,10H2,1-3H3,(H2,29,30,33). The number of halogens is 2. The summed E-state index contributed by atoms with van der Waals surface area (Å²) in [5, 5.41) is 7.20. The number of urea groups is 1. The maximum absolute atomic E-state index is 13.4. The summed E-state index contributed by atoms with van der Waals surface area (Å²) in [5.74, 6) is 0.356. The van der Waals surface area contributed by atoms with E-state index in [9.17, 15) is 18.0 Å². The molecule has 4 rings (SSSR count). The van der Waals surface area contributed by atoms with Gasteiger partial charge in [-0.1, -0.05) is 37.0 Å². The zero-order chi connectivity index (χ0) is 26.9. The third-order valence-electron chi connectivity index (χ3n) is 5.52. The van der Waals surface area contributed by atoms with Gasteiger partial charge in [-0.15, -0.1) is 11.3 Å². The molecule has 2 aromatic heterocycles. The van der Waals surface area contributed by atoms with Gasteiger partial charge in [0, 0.05) is 30.0 Å². The van der Waals surface area contributed by atoms with Gasteiger partial charge in [-0.25, -0.2) is 17.9 Å². The smallest absolute Gasteiger partial charge is 0.333 e. The van der Waals surface area contributed by atoms with E-state index in [0.29, 0.717) is 17.0 Å². The molecule has 37 heavy (non-hydrogen) atoms. The molecule has 12 heteroatoms. The fourth-order valence-corrected chi connectivity index (χ4v) is 6.56. The SMILES string of the molecule is CNc1ccc2c(=O)n(-c3ccc(NC(=O)NS(=O)(=O)c4ccc(Cl)s4)cc3Cl)cc(CC(C)C)c2c1. The number of hydrogen-bond donors (Lipinski definition) is 3. The Kier molecular flexibility index (Phi) is 7.84. The van der Waals surface area contributed by atoms with Crippen molar-refractivity contribution in [1.29, 1.82) is 0 Å². The van der Waals surface area contributed by atoms with Crippen molar-refractivity contribution in [3.8, 4) is 5.69 Å². The lowest BCUT2D eigenvalue weighted by Gasteiger charge is -2.16. The molecule has 0 aliphatic heterocycles. The van der Waals surface area contributed by atoms with Crippen LogP contribution in [-0.4, -0.2) is 26.1 Å². The molecule has 0 bridgehead atoms. The lowest BCUT2D eigenvalue weighted by Crippen LogP contribution is -2.33. The Morgan fingerprint density at radius 3 is 2.38 bits per heavy atom. The van der Waals surface area contributed by atoms with Crippen molar-refractivity contribution in [2.24, 2.45) is 5.92 Å². The summed E-state index contributed by atoms with van der Waals surface area (Å²) in [4.78, 5) is 25.7. The second-order valence-corrected chi connectivity index (χ2v) is 12.8. The fourth-order valence-electron chi connectivity index (χ4n) is 3.90. The van der Waals surface area contributed by atoms with Gasteiger partial charge in [0.15, 0.2) is 0 Å². The van der Waals surface area contributed by atoms with Gasteiger partial charge in [-0.05, 0) is 71.8 Å². The second-order valence-electron chi connectivity index (χ2n) is 8.72. The summed E-state index contributed by atoms with van der Waals surface area (Å²) in [6, 6.07) is 12.0. The van der Waals surface area contributed by atoms with Crippen molar-refractivity contribution in [2.75, 3.05) is 17.7 Å². The summed E-state index contributed by atoms with van der Waals surface area (Å²) in [7, 11) is -2.25. The predicted molar refractivity (Wildman–Crippen MR) is 151 cm³/mol. The molecular weight excluding hydrogens is 555 g/mol. The highest BCUT2D eigenvalue weighted by atomic mass is 35.5. The van der Waals surface area contributed by atoms with E-state index in [0.717, 1.165) is 34.4 Å². The van der Waals surface area contributed by atoms with Crippen LogP contribution in [0.15, 0.2) is 63.7 Å². The number of nitrogens with one attached hydrogen (secondary N) is 3. The number of aromatic nitrogens is 1. The largest absolute Gasteiger partial charge is 0.388 e. The van der Waals surface area contributed by atoms with Gasteiger partial charge < -0.3 is 10.6 Å². The maximum atomic E-state index is 13.4. The number of benzene rings is 2. The number of thiophene rings is 1. The topological polar surface area (TPSA) is 109 Å². The molecule has 0 radical (unpaired) electrons. The molecule has 2 heterocycles. The number of anilines is 2. The van der Waals surface area contributed by atoms with Crippen LogP contribution in [0, 0.1) is 5.92 Å². The molecule has 0 aliphatic rings. The molecule has 194 valence electrons. The third-order valence-corrected chi connectivity index (χ3v) is 8.88. The van der Waals surface area contributed by atoms with Gasteiger partial charge in [0.1, 0.15) is 4.21 Å². The van der Waals surface area contributed by atoms with Crippen LogP contribution in [0.2, 0.25) is 9.36 Å². The molecule has 0 saturated carbocycles. The lowest BCUT2D eigenvalue weighted by molar-refractivity contribution is 0.256. The minimum atomic E-state index is -4.08. The van der Waals surface area contributed by atoms with E-state index in [1.807, 2.05) is 23.9 Å². The van der Waals surface area contributed by atoms with Gasteiger partial charge >= 0.3 is 6.03 Å². The number of carbonyl (C=O) groups excluding carboxylic acids is 1. The van der Waals surface area contributed by atoms with Crippen LogP contribution in [0.4, 0.5) is 16.2 Å². The quantitative estimate of drug-likeness (QED) is 0.245. The van der Waals surface area contributed by atoms with Crippen LogP contribution < -0.4 is 20.9 Å². The summed E-state index contributed by atoms with van der Waals surface area (Å²) in [6.45, 7) is 4.21. The fraction of sp³-hybridized carbons (Fsp3) is 0.200. The summed E-state index contributed by atoms with van der Waals surface area (Å²) in [5.41, 5.74) is 2.36. The van der Waals surface area contributed by atoms with Gasteiger partial charge in [-0.2, -0.15) is 0 Å². The van der Waals surface area contributed by atoms with Crippen molar-refractivity contribution in [1.82, 2.24) is 9.29 Å². The monoisotopic (exact) mass is 578 g/mol. The van der Waals surface area contributed by atoms with Crippen molar-refractivity contribution in [3.05, 3.63) is 80.0 Å². The first-order valence-electron chi connectivity index (χ1n) is 11.2. The number of amides is 2. The number of fused-ring (bicyclic) bond motifs is 1. The third kappa shape index (κ3) is 5.93. The Morgan fingerprint density at radius 1 is 1.03 bits per heavy atom. The Balaban J connectivity index is 1.65. The highest BCUT2D eigenvalue weighted by molar-refractivity contribution is 7.92. The van der Waals surface area contributed by atoms with Crippen molar-refractivity contribution in [2.45, 2.75) is 24.5 Å². The number of hydrogen-bond acceptors (Lipinski definition) is 6. The Labute approximate surface area is 228 Å². The summed E-state index contributed by atoms with van der Waals surface area (Å²) < 4.78 is 28.3. The molecule has 8 nitrogen and oxygen atoms in total. The molecule has 0 saturated heterocycles. The first-order chi connectivity index (χ1) is 17.5. The Bertz CT molecular complexity index is 1660. The number of rotatable bonds is 7. The van der Waals surface area contributed by atoms with Gasteiger partial charge in [0.25, 0.3) is 15.6 Å². The van der Waals surface area contributed by atoms with Gasteiger partial charge in [0.05, 0.1) is 15.0 Å². The number of nitrogens with zero attached hydrogens (tertiary/aromatic N) is 1. The van der Waals surface area contributed by atoms with E-state index in [4.69, 9.17) is 23.2 Å². The van der Waals surface area contributed by atoms with Gasteiger partial charge in [0.2, 0.25) is 0 Å². The zero-order valence-corrected chi connectivity index (χ0v) is 23.3. The molecular formula is C25H24Cl2N4O4S2. The molecule has 0 spiro atoms. The van der Waals surface area contributed by atoms with Crippen LogP contribution in [0.25, 0.3) is 16.5 Å². The highest BCUT2D eigenvalue weighted by Crippen LogP contribution is 2.28. The van der Waals surface area contributed by atoms with E-state index in [2.05, 4.69) is 24.5 Å². The predicted octanol–water partition coefficient (Wildman–Crippen LogP) is 6.11.